The van der Waals surface area contributed by atoms with Crippen LogP contribution in [-0.4, -0.2) is 75.5 Å². The number of rotatable bonds is 9. The Labute approximate surface area is 198 Å². The number of aliphatic imine (C=N–C) groups is 1. The number of methoxy groups -OCH3 is 1. The van der Waals surface area contributed by atoms with Crippen LogP contribution in [0.5, 0.6) is 0 Å². The number of anilines is 1. The van der Waals surface area contributed by atoms with Gasteiger partial charge in [0.15, 0.2) is 5.96 Å². The van der Waals surface area contributed by atoms with Crippen LogP contribution in [0.3, 0.4) is 0 Å². The van der Waals surface area contributed by atoms with E-state index in [-0.39, 0.29) is 24.0 Å². The highest BCUT2D eigenvalue weighted by molar-refractivity contribution is 14.0. The molecule has 0 saturated carbocycles. The van der Waals surface area contributed by atoms with Crippen molar-refractivity contribution < 1.29 is 9.47 Å². The van der Waals surface area contributed by atoms with Gasteiger partial charge in [0.05, 0.1) is 26.4 Å². The van der Waals surface area contributed by atoms with E-state index in [1.807, 2.05) is 6.20 Å². The molecular formula is C22H38IN5O2. The van der Waals surface area contributed by atoms with E-state index < -0.39 is 0 Å². The molecular weight excluding hydrogens is 493 g/mol. The van der Waals surface area contributed by atoms with Crippen molar-refractivity contribution in [3.63, 3.8) is 0 Å². The highest BCUT2D eigenvalue weighted by Gasteiger charge is 2.25. The molecule has 3 heterocycles. The molecule has 170 valence electrons. The molecule has 0 aromatic carbocycles. The Hall–Kier alpha value is -1.13. The van der Waals surface area contributed by atoms with Crippen LogP contribution in [0.15, 0.2) is 23.3 Å². The van der Waals surface area contributed by atoms with Crippen molar-refractivity contribution in [3.05, 3.63) is 23.9 Å². The first-order valence-electron chi connectivity index (χ1n) is 11.1. The summed E-state index contributed by atoms with van der Waals surface area (Å²) in [6.45, 7) is 10.0. The third-order valence-corrected chi connectivity index (χ3v) is 5.61. The molecule has 0 radical (unpaired) electrons. The van der Waals surface area contributed by atoms with Crippen LogP contribution in [0.1, 0.15) is 38.2 Å². The smallest absolute Gasteiger partial charge is 0.194 e. The molecule has 0 spiro atoms. The zero-order valence-electron chi connectivity index (χ0n) is 18.5. The van der Waals surface area contributed by atoms with Crippen molar-refractivity contribution in [1.82, 2.24) is 15.2 Å². The van der Waals surface area contributed by atoms with E-state index in [4.69, 9.17) is 14.5 Å². The quantitative estimate of drug-likeness (QED) is 0.229. The van der Waals surface area contributed by atoms with Gasteiger partial charge < -0.3 is 24.6 Å². The number of likely N-dealkylation sites (tertiary alicyclic amines) is 1. The van der Waals surface area contributed by atoms with Gasteiger partial charge in [0.2, 0.25) is 0 Å². The monoisotopic (exact) mass is 531 g/mol. The Morgan fingerprint density at radius 1 is 1.23 bits per heavy atom. The number of nitrogens with zero attached hydrogens (tertiary/aromatic N) is 4. The minimum Gasteiger partial charge on any atom is -0.382 e. The summed E-state index contributed by atoms with van der Waals surface area (Å²) in [5.74, 6) is 2.66. The molecule has 8 heteroatoms. The maximum absolute atomic E-state index is 5.72. The van der Waals surface area contributed by atoms with Crippen LogP contribution in [0.4, 0.5) is 5.82 Å². The van der Waals surface area contributed by atoms with Gasteiger partial charge in [0, 0.05) is 51.9 Å². The van der Waals surface area contributed by atoms with E-state index in [0.29, 0.717) is 25.7 Å². The minimum atomic E-state index is 0. The van der Waals surface area contributed by atoms with Gasteiger partial charge >= 0.3 is 0 Å². The fraction of sp³-hybridized carbons (Fsp3) is 0.727. The molecule has 2 aliphatic heterocycles. The van der Waals surface area contributed by atoms with Crippen LogP contribution >= 0.6 is 24.0 Å². The van der Waals surface area contributed by atoms with Crippen LogP contribution in [0, 0.1) is 5.92 Å². The fourth-order valence-electron chi connectivity index (χ4n) is 4.00. The number of piperidine rings is 1. The molecule has 3 rings (SSSR count). The first-order chi connectivity index (χ1) is 14.3. The highest BCUT2D eigenvalue weighted by atomic mass is 127. The summed E-state index contributed by atoms with van der Waals surface area (Å²) in [6.07, 6.45) is 6.93. The molecule has 1 atom stereocenters. The van der Waals surface area contributed by atoms with Crippen molar-refractivity contribution in [2.24, 2.45) is 10.9 Å². The van der Waals surface area contributed by atoms with Crippen molar-refractivity contribution in [2.75, 3.05) is 64.6 Å². The van der Waals surface area contributed by atoms with E-state index in [1.54, 1.807) is 7.11 Å². The number of ether oxygens (including phenoxy) is 2. The van der Waals surface area contributed by atoms with E-state index in [2.05, 4.69) is 39.2 Å². The Bertz CT molecular complexity index is 640. The summed E-state index contributed by atoms with van der Waals surface area (Å²) in [4.78, 5) is 14.3. The third-order valence-electron chi connectivity index (χ3n) is 5.61. The SMILES string of the molecule is CCNC(=NCc1ccnc(N2CCCCC2)c1)N1CCC(COCCOC)C1.I. The third kappa shape index (κ3) is 7.85. The zero-order valence-corrected chi connectivity index (χ0v) is 20.8. The number of nitrogens with one attached hydrogen (secondary N) is 1. The number of hydrogen-bond acceptors (Lipinski definition) is 5. The molecule has 1 aromatic heterocycles. The zero-order chi connectivity index (χ0) is 20.3. The summed E-state index contributed by atoms with van der Waals surface area (Å²) >= 11 is 0. The van der Waals surface area contributed by atoms with Gasteiger partial charge in [-0.2, -0.15) is 0 Å². The Morgan fingerprint density at radius 2 is 2.07 bits per heavy atom. The average Bonchev–Trinajstić information content (AvgIpc) is 3.24. The normalized spacial score (nSPS) is 19.7. The Kier molecular flexibility index (Phi) is 11.8. The van der Waals surface area contributed by atoms with Gasteiger partial charge in [-0.15, -0.1) is 24.0 Å². The van der Waals surface area contributed by atoms with E-state index in [1.165, 1.54) is 24.8 Å². The summed E-state index contributed by atoms with van der Waals surface area (Å²) < 4.78 is 10.8. The van der Waals surface area contributed by atoms with Gasteiger partial charge in [-0.05, 0) is 50.3 Å². The van der Waals surface area contributed by atoms with Gasteiger partial charge in [0.1, 0.15) is 5.82 Å². The van der Waals surface area contributed by atoms with Crippen molar-refractivity contribution >= 4 is 35.8 Å². The molecule has 0 amide bonds. The molecule has 2 fully saturated rings. The van der Waals surface area contributed by atoms with Gasteiger partial charge in [-0.25, -0.2) is 9.98 Å². The van der Waals surface area contributed by atoms with Gasteiger partial charge in [-0.3, -0.25) is 0 Å². The Morgan fingerprint density at radius 3 is 2.83 bits per heavy atom. The predicted octanol–water partition coefficient (Wildman–Crippen LogP) is 3.14. The standard InChI is InChI=1S/C22H37N5O2.HI/c1-3-23-22(27-12-8-20(17-27)18-29-14-13-28-2)25-16-19-7-9-24-21(15-19)26-10-5-4-6-11-26;/h7,9,15,20H,3-6,8,10-14,16-18H2,1-2H3,(H,23,25);1H. The van der Waals surface area contributed by atoms with E-state index in [0.717, 1.165) is 57.5 Å². The molecule has 1 aromatic rings. The molecule has 30 heavy (non-hydrogen) atoms. The lowest BCUT2D eigenvalue weighted by atomic mass is 10.1. The lowest BCUT2D eigenvalue weighted by Crippen LogP contribution is -2.40. The molecule has 0 aliphatic carbocycles. The van der Waals surface area contributed by atoms with Gasteiger partial charge in [0.25, 0.3) is 0 Å². The fourth-order valence-corrected chi connectivity index (χ4v) is 4.00. The molecule has 1 N–H and O–H groups in total. The molecule has 7 nitrogen and oxygen atoms in total. The predicted molar refractivity (Wildman–Crippen MR) is 133 cm³/mol. The maximum atomic E-state index is 5.72. The first kappa shape index (κ1) is 25.1. The Balaban J connectivity index is 0.00000320. The molecule has 1 unspecified atom stereocenters. The minimum absolute atomic E-state index is 0. The van der Waals surface area contributed by atoms with Crippen LogP contribution in [0.2, 0.25) is 0 Å². The second kappa shape index (κ2) is 14.0. The lowest BCUT2D eigenvalue weighted by molar-refractivity contribution is 0.0536. The molecule has 0 bridgehead atoms. The summed E-state index contributed by atoms with van der Waals surface area (Å²) in [7, 11) is 1.71. The largest absolute Gasteiger partial charge is 0.382 e. The van der Waals surface area contributed by atoms with Gasteiger partial charge in [-0.1, -0.05) is 0 Å². The second-order valence-corrected chi connectivity index (χ2v) is 7.91. The maximum Gasteiger partial charge on any atom is 0.194 e. The molecule has 2 aliphatic rings. The van der Waals surface area contributed by atoms with E-state index in [9.17, 15) is 0 Å². The van der Waals surface area contributed by atoms with Crippen molar-refractivity contribution in [1.29, 1.82) is 0 Å². The average molecular weight is 531 g/mol. The van der Waals surface area contributed by atoms with Crippen LogP contribution in [-0.2, 0) is 16.0 Å². The lowest BCUT2D eigenvalue weighted by Gasteiger charge is -2.27. The van der Waals surface area contributed by atoms with E-state index >= 15 is 0 Å². The highest BCUT2D eigenvalue weighted by Crippen LogP contribution is 2.20. The van der Waals surface area contributed by atoms with Crippen molar-refractivity contribution in [3.8, 4) is 0 Å². The van der Waals surface area contributed by atoms with Crippen LogP contribution in [0.25, 0.3) is 0 Å². The van der Waals surface area contributed by atoms with Crippen LogP contribution < -0.4 is 10.2 Å². The van der Waals surface area contributed by atoms with Crippen molar-refractivity contribution in [2.45, 2.75) is 39.2 Å². The number of aromatic nitrogens is 1. The summed E-state index contributed by atoms with van der Waals surface area (Å²) in [6, 6.07) is 4.28. The molecule has 2 saturated heterocycles. The number of halogens is 1. The second-order valence-electron chi connectivity index (χ2n) is 7.91. The summed E-state index contributed by atoms with van der Waals surface area (Å²) in [5, 5.41) is 3.46. The summed E-state index contributed by atoms with van der Waals surface area (Å²) in [5.41, 5.74) is 1.22. The topological polar surface area (TPSA) is 62.2 Å². The first-order valence-corrected chi connectivity index (χ1v) is 11.1. The number of pyridine rings is 1. The number of hydrogen-bond donors (Lipinski definition) is 1. The number of guanidine groups is 1.